The zero-order valence-electron chi connectivity index (χ0n) is 20.2. The van der Waals surface area contributed by atoms with Gasteiger partial charge in [0.15, 0.2) is 0 Å². The fraction of sp³-hybridized carbons (Fsp3) is 0.259. The lowest BCUT2D eigenvalue weighted by Gasteiger charge is -2.37. The second-order valence-electron chi connectivity index (χ2n) is 9.05. The average molecular weight is 519 g/mol. The van der Waals surface area contributed by atoms with Crippen LogP contribution in [-0.2, 0) is 10.2 Å². The van der Waals surface area contributed by atoms with Crippen LogP contribution in [0.15, 0.2) is 59.4 Å². The first-order chi connectivity index (χ1) is 17.8. The highest BCUT2D eigenvalue weighted by molar-refractivity contribution is 7.22. The van der Waals surface area contributed by atoms with Gasteiger partial charge in [0.1, 0.15) is 16.1 Å². The Balaban J connectivity index is 1.90. The molecule has 0 aliphatic carbocycles. The molecule has 8 nitrogen and oxygen atoms in total. The van der Waals surface area contributed by atoms with Gasteiger partial charge in [-0.1, -0.05) is 29.8 Å². The summed E-state index contributed by atoms with van der Waals surface area (Å²) in [4.78, 5) is 25.3. The van der Waals surface area contributed by atoms with Crippen LogP contribution in [0, 0.1) is 41.1 Å². The lowest BCUT2D eigenvalue weighted by atomic mass is 9.70. The number of fused-ring (bicyclic) bond motifs is 1. The van der Waals surface area contributed by atoms with E-state index in [-0.39, 0.29) is 22.7 Å². The lowest BCUT2D eigenvalue weighted by molar-refractivity contribution is -0.381. The maximum Gasteiger partial charge on any atom is 0.331 e. The van der Waals surface area contributed by atoms with Crippen LogP contribution < -0.4 is 10.9 Å². The Bertz CT molecular complexity index is 1620. The topological polar surface area (TPSA) is 110 Å². The van der Waals surface area contributed by atoms with Crippen molar-refractivity contribution in [1.82, 2.24) is 9.88 Å². The number of hydrogen-bond acceptors (Lipinski definition) is 7. The molecule has 2 atom stereocenters. The molecule has 188 valence electrons. The highest BCUT2D eigenvalue weighted by Crippen LogP contribution is 2.49. The van der Waals surface area contributed by atoms with Crippen LogP contribution in [0.25, 0.3) is 15.9 Å². The standard InChI is InChI=1S/C27H23FN4O4S/c1-16-3-6-19(7-4-16)31-23(33)10-8-20-24(26(32(34)35)37-25(20)31)27(15-29,22-14-30-11-12-36-22)18-5-9-21(28)17(2)13-18/h3-10,13,22,30H,11-12,14H2,1-2H3. The molecular formula is C27H23FN4O4S. The Morgan fingerprint density at radius 1 is 1.22 bits per heavy atom. The molecule has 1 aliphatic rings. The Kier molecular flexibility index (Phi) is 6.37. The molecule has 0 amide bonds. The summed E-state index contributed by atoms with van der Waals surface area (Å²) in [6, 6.07) is 16.8. The monoisotopic (exact) mass is 518 g/mol. The molecule has 3 heterocycles. The Labute approximate surface area is 215 Å². The summed E-state index contributed by atoms with van der Waals surface area (Å²) in [6.07, 6.45) is -0.799. The van der Waals surface area contributed by atoms with Crippen molar-refractivity contribution < 1.29 is 14.1 Å². The number of aromatic nitrogens is 1. The van der Waals surface area contributed by atoms with Crippen molar-refractivity contribution in [2.75, 3.05) is 19.7 Å². The van der Waals surface area contributed by atoms with Crippen LogP contribution in [0.4, 0.5) is 9.39 Å². The number of nitrogens with one attached hydrogen (secondary N) is 1. The van der Waals surface area contributed by atoms with E-state index in [1.807, 2.05) is 19.1 Å². The molecule has 0 radical (unpaired) electrons. The minimum Gasteiger partial charge on any atom is -0.373 e. The van der Waals surface area contributed by atoms with Crippen molar-refractivity contribution in [2.45, 2.75) is 25.4 Å². The van der Waals surface area contributed by atoms with E-state index < -0.39 is 22.3 Å². The number of aryl methyl sites for hydroxylation is 2. The van der Waals surface area contributed by atoms with Gasteiger partial charge in [-0.05, 0) is 60.6 Å². The zero-order valence-corrected chi connectivity index (χ0v) is 21.0. The smallest absolute Gasteiger partial charge is 0.331 e. The molecule has 1 fully saturated rings. The van der Waals surface area contributed by atoms with Crippen LogP contribution in [0.3, 0.4) is 0 Å². The first-order valence-corrected chi connectivity index (χ1v) is 12.5. The van der Waals surface area contributed by atoms with Gasteiger partial charge in [-0.25, -0.2) is 4.39 Å². The van der Waals surface area contributed by atoms with E-state index in [2.05, 4.69) is 11.4 Å². The largest absolute Gasteiger partial charge is 0.373 e. The number of thiophene rings is 1. The fourth-order valence-electron chi connectivity index (χ4n) is 4.93. The van der Waals surface area contributed by atoms with Crippen LogP contribution in [0.2, 0.25) is 0 Å². The molecular weight excluding hydrogens is 495 g/mol. The predicted octanol–water partition coefficient (Wildman–Crippen LogP) is 4.51. The number of benzene rings is 2. The number of hydrogen-bond donors (Lipinski definition) is 1. The number of ether oxygens (including phenoxy) is 1. The maximum atomic E-state index is 14.3. The number of nitrogens with zero attached hydrogens (tertiary/aromatic N) is 3. The molecule has 2 aromatic heterocycles. The van der Waals surface area contributed by atoms with Gasteiger partial charge in [0.25, 0.3) is 5.56 Å². The molecule has 0 saturated carbocycles. The molecule has 1 saturated heterocycles. The molecule has 10 heteroatoms. The van der Waals surface area contributed by atoms with Gasteiger partial charge < -0.3 is 10.1 Å². The van der Waals surface area contributed by atoms with Crippen molar-refractivity contribution in [3.8, 4) is 11.8 Å². The highest BCUT2D eigenvalue weighted by Gasteiger charge is 2.51. The predicted molar refractivity (Wildman–Crippen MR) is 139 cm³/mol. The summed E-state index contributed by atoms with van der Waals surface area (Å²) in [6.45, 7) is 4.63. The van der Waals surface area contributed by atoms with Gasteiger partial charge >= 0.3 is 5.00 Å². The molecule has 0 spiro atoms. The summed E-state index contributed by atoms with van der Waals surface area (Å²) < 4.78 is 21.8. The molecule has 4 aromatic rings. The van der Waals surface area contributed by atoms with Crippen molar-refractivity contribution in [3.05, 3.63) is 103 Å². The highest BCUT2D eigenvalue weighted by atomic mass is 32.1. The third-order valence-corrected chi connectivity index (χ3v) is 7.92. The molecule has 2 unspecified atom stereocenters. The molecule has 1 aliphatic heterocycles. The summed E-state index contributed by atoms with van der Waals surface area (Å²) in [5.41, 5.74) is 0.384. The molecule has 0 bridgehead atoms. The Hall–Kier alpha value is -3.91. The Morgan fingerprint density at radius 3 is 2.59 bits per heavy atom. The van der Waals surface area contributed by atoms with Gasteiger partial charge in [-0.15, -0.1) is 0 Å². The van der Waals surface area contributed by atoms with Gasteiger partial charge in [0.2, 0.25) is 0 Å². The first-order valence-electron chi connectivity index (χ1n) is 11.7. The summed E-state index contributed by atoms with van der Waals surface area (Å²) >= 11 is 0.843. The van der Waals surface area contributed by atoms with E-state index in [1.54, 1.807) is 25.1 Å². The molecule has 1 N–H and O–H groups in total. The average Bonchev–Trinajstić information content (AvgIpc) is 3.28. The number of halogens is 1. The number of pyridine rings is 1. The van der Waals surface area contributed by atoms with Gasteiger partial charge in [0.05, 0.1) is 35.0 Å². The van der Waals surface area contributed by atoms with Crippen LogP contribution in [0.1, 0.15) is 22.3 Å². The van der Waals surface area contributed by atoms with Gasteiger partial charge in [0, 0.05) is 24.5 Å². The van der Waals surface area contributed by atoms with Crippen molar-refractivity contribution in [1.29, 1.82) is 5.26 Å². The van der Waals surface area contributed by atoms with Crippen molar-refractivity contribution in [3.63, 3.8) is 0 Å². The van der Waals surface area contributed by atoms with Crippen molar-refractivity contribution in [2.24, 2.45) is 0 Å². The second kappa shape index (κ2) is 9.52. The van der Waals surface area contributed by atoms with Crippen LogP contribution in [0.5, 0.6) is 0 Å². The third kappa shape index (κ3) is 4.01. The van der Waals surface area contributed by atoms with Gasteiger partial charge in [-0.3, -0.25) is 19.5 Å². The lowest BCUT2D eigenvalue weighted by Crippen LogP contribution is -2.51. The van der Waals surface area contributed by atoms with Crippen LogP contribution >= 0.6 is 11.3 Å². The van der Waals surface area contributed by atoms with E-state index >= 15 is 0 Å². The molecule has 2 aromatic carbocycles. The minimum absolute atomic E-state index is 0.139. The molecule has 37 heavy (non-hydrogen) atoms. The fourth-order valence-corrected chi connectivity index (χ4v) is 6.13. The number of morpholine rings is 1. The maximum absolute atomic E-state index is 14.3. The summed E-state index contributed by atoms with van der Waals surface area (Å²) in [5.74, 6) is -0.448. The zero-order chi connectivity index (χ0) is 26.3. The summed E-state index contributed by atoms with van der Waals surface area (Å²) in [5, 5.41) is 26.6. The van der Waals surface area contributed by atoms with E-state index in [0.29, 0.717) is 40.2 Å². The van der Waals surface area contributed by atoms with Crippen molar-refractivity contribution >= 4 is 26.6 Å². The SMILES string of the molecule is Cc1ccc(-n2c(=O)ccc3c(C(C#N)(c4ccc(F)c(C)c4)C4CNCCO4)c([N+](=O)[O-])sc32)cc1. The van der Waals surface area contributed by atoms with Crippen LogP contribution in [-0.4, -0.2) is 35.3 Å². The number of nitriles is 1. The number of nitro groups is 1. The van der Waals surface area contributed by atoms with E-state index in [1.165, 1.54) is 28.8 Å². The normalized spacial score (nSPS) is 17.3. The van der Waals surface area contributed by atoms with E-state index in [9.17, 15) is 24.6 Å². The van der Waals surface area contributed by atoms with E-state index in [0.717, 1.165) is 16.9 Å². The minimum atomic E-state index is -1.65. The second-order valence-corrected chi connectivity index (χ2v) is 10.0. The Morgan fingerprint density at radius 2 is 1.97 bits per heavy atom. The van der Waals surface area contributed by atoms with Gasteiger partial charge in [-0.2, -0.15) is 5.26 Å². The number of rotatable bonds is 5. The van der Waals surface area contributed by atoms with E-state index in [4.69, 9.17) is 4.74 Å². The third-order valence-electron chi connectivity index (χ3n) is 6.78. The quantitative estimate of drug-likeness (QED) is 0.307. The molecule has 5 rings (SSSR count). The first kappa shape index (κ1) is 24.8. The summed E-state index contributed by atoms with van der Waals surface area (Å²) in [7, 11) is 0.